The van der Waals surface area contributed by atoms with Crippen molar-refractivity contribution in [3.05, 3.63) is 34.3 Å². The van der Waals surface area contributed by atoms with E-state index in [-0.39, 0.29) is 5.54 Å². The first-order valence-electron chi connectivity index (χ1n) is 7.29. The molecule has 112 valence electrons. The van der Waals surface area contributed by atoms with Gasteiger partial charge in [0.15, 0.2) is 0 Å². The molecule has 1 saturated heterocycles. The van der Waals surface area contributed by atoms with Crippen molar-refractivity contribution in [3.8, 4) is 0 Å². The highest BCUT2D eigenvalue weighted by Crippen LogP contribution is 2.25. The summed E-state index contributed by atoms with van der Waals surface area (Å²) in [7, 11) is 2.06. The molecular weight excluding hydrogens is 316 g/mol. The predicted octanol–water partition coefficient (Wildman–Crippen LogP) is 2.69. The third-order valence-electron chi connectivity index (χ3n) is 4.41. The molecule has 1 aliphatic rings. The van der Waals surface area contributed by atoms with Crippen LogP contribution in [0.5, 0.6) is 0 Å². The van der Waals surface area contributed by atoms with Crippen molar-refractivity contribution >= 4 is 15.9 Å². The van der Waals surface area contributed by atoms with Crippen molar-refractivity contribution in [2.75, 3.05) is 33.4 Å². The van der Waals surface area contributed by atoms with Crippen molar-refractivity contribution in [1.29, 1.82) is 0 Å². The summed E-state index contributed by atoms with van der Waals surface area (Å²) in [6, 6.07) is 8.89. The molecule has 1 heterocycles. The van der Waals surface area contributed by atoms with Crippen molar-refractivity contribution in [1.82, 2.24) is 10.2 Å². The summed E-state index contributed by atoms with van der Waals surface area (Å²) in [6.07, 6.45) is 1.02. The molecule has 0 saturated carbocycles. The second-order valence-electron chi connectivity index (χ2n) is 5.89. The molecule has 1 aromatic carbocycles. The molecule has 2 rings (SSSR count). The van der Waals surface area contributed by atoms with Crippen LogP contribution in [0.2, 0.25) is 0 Å². The minimum atomic E-state index is 0.105. The average molecular weight is 341 g/mol. The van der Waals surface area contributed by atoms with Crippen LogP contribution >= 0.6 is 15.9 Å². The normalized spacial score (nSPS) is 19.0. The van der Waals surface area contributed by atoms with E-state index in [1.165, 1.54) is 10.0 Å². The molecule has 1 unspecified atom stereocenters. The van der Waals surface area contributed by atoms with E-state index in [1.807, 2.05) is 0 Å². The zero-order valence-corrected chi connectivity index (χ0v) is 14.2. The summed E-state index contributed by atoms with van der Waals surface area (Å²) in [5.74, 6) is 0. The maximum atomic E-state index is 5.48. The van der Waals surface area contributed by atoms with Gasteiger partial charge < -0.3 is 10.1 Å². The Hall–Kier alpha value is -0.420. The van der Waals surface area contributed by atoms with E-state index in [0.29, 0.717) is 6.04 Å². The molecule has 1 fully saturated rings. The zero-order valence-electron chi connectivity index (χ0n) is 12.7. The lowest BCUT2D eigenvalue weighted by molar-refractivity contribution is -0.0223. The summed E-state index contributed by atoms with van der Waals surface area (Å²) in [6.45, 7) is 8.37. The standard InChI is InChI=1S/C16H25BrN2O/c1-16(2,19-8-10-20-11-9-19)15(18-3)12-13-6-4-5-7-14(13)17/h4-7,15,18H,8-12H2,1-3H3. The van der Waals surface area contributed by atoms with Crippen LogP contribution in [0.1, 0.15) is 19.4 Å². The van der Waals surface area contributed by atoms with Crippen molar-refractivity contribution in [2.45, 2.75) is 31.8 Å². The molecular formula is C16H25BrN2O. The molecule has 20 heavy (non-hydrogen) atoms. The highest BCUT2D eigenvalue weighted by molar-refractivity contribution is 9.10. The van der Waals surface area contributed by atoms with Gasteiger partial charge in [0.25, 0.3) is 0 Å². The third kappa shape index (κ3) is 3.61. The number of benzene rings is 1. The SMILES string of the molecule is CNC(Cc1ccccc1Br)C(C)(C)N1CCOCC1. The second-order valence-corrected chi connectivity index (χ2v) is 6.74. The summed E-state index contributed by atoms with van der Waals surface area (Å²) in [5, 5.41) is 3.51. The van der Waals surface area contributed by atoms with Gasteiger partial charge in [0.05, 0.1) is 13.2 Å². The van der Waals surface area contributed by atoms with Crippen LogP contribution in [-0.2, 0) is 11.2 Å². The number of nitrogens with one attached hydrogen (secondary N) is 1. The molecule has 1 aromatic rings. The monoisotopic (exact) mass is 340 g/mol. The van der Waals surface area contributed by atoms with E-state index >= 15 is 0 Å². The highest BCUT2D eigenvalue weighted by atomic mass is 79.9. The fourth-order valence-corrected chi connectivity index (χ4v) is 3.40. The first kappa shape index (κ1) is 16.0. The van der Waals surface area contributed by atoms with E-state index in [2.05, 4.69) is 71.3 Å². The number of hydrogen-bond acceptors (Lipinski definition) is 3. The van der Waals surface area contributed by atoms with Crippen LogP contribution in [0, 0.1) is 0 Å². The molecule has 0 amide bonds. The van der Waals surface area contributed by atoms with Crippen LogP contribution < -0.4 is 5.32 Å². The summed E-state index contributed by atoms with van der Waals surface area (Å²) < 4.78 is 6.67. The minimum absolute atomic E-state index is 0.105. The predicted molar refractivity (Wildman–Crippen MR) is 87.2 cm³/mol. The topological polar surface area (TPSA) is 24.5 Å². The third-order valence-corrected chi connectivity index (χ3v) is 5.18. The molecule has 0 bridgehead atoms. The molecule has 1 aliphatic heterocycles. The van der Waals surface area contributed by atoms with Crippen LogP contribution in [0.3, 0.4) is 0 Å². The fraction of sp³-hybridized carbons (Fsp3) is 0.625. The molecule has 1 N–H and O–H groups in total. The fourth-order valence-electron chi connectivity index (χ4n) is 2.95. The quantitative estimate of drug-likeness (QED) is 0.891. The van der Waals surface area contributed by atoms with E-state index in [0.717, 1.165) is 32.7 Å². The largest absolute Gasteiger partial charge is 0.379 e. The Labute approximate surface area is 130 Å². The number of morpholine rings is 1. The maximum Gasteiger partial charge on any atom is 0.0594 e. The van der Waals surface area contributed by atoms with Gasteiger partial charge in [-0.2, -0.15) is 0 Å². The van der Waals surface area contributed by atoms with Crippen LogP contribution in [0.15, 0.2) is 28.7 Å². The summed E-state index contributed by atoms with van der Waals surface area (Å²) >= 11 is 3.66. The molecule has 0 aromatic heterocycles. The average Bonchev–Trinajstić information content (AvgIpc) is 2.47. The highest BCUT2D eigenvalue weighted by Gasteiger charge is 2.35. The Morgan fingerprint density at radius 1 is 1.30 bits per heavy atom. The lowest BCUT2D eigenvalue weighted by Gasteiger charge is -2.46. The first-order chi connectivity index (χ1) is 9.55. The molecule has 4 heteroatoms. The van der Waals surface area contributed by atoms with Gasteiger partial charge in [0.1, 0.15) is 0 Å². The van der Waals surface area contributed by atoms with Crippen LogP contribution in [-0.4, -0.2) is 49.8 Å². The summed E-state index contributed by atoms with van der Waals surface area (Å²) in [5.41, 5.74) is 1.46. The number of ether oxygens (including phenoxy) is 1. The number of likely N-dealkylation sites (N-methyl/N-ethyl adjacent to an activating group) is 1. The Kier molecular flexibility index (Phi) is 5.61. The maximum absolute atomic E-state index is 5.48. The molecule has 1 atom stereocenters. The number of rotatable bonds is 5. The number of halogens is 1. The molecule has 3 nitrogen and oxygen atoms in total. The van der Waals surface area contributed by atoms with Crippen LogP contribution in [0.25, 0.3) is 0 Å². The second kappa shape index (κ2) is 7.03. The smallest absolute Gasteiger partial charge is 0.0594 e. The van der Waals surface area contributed by atoms with E-state index in [4.69, 9.17) is 4.74 Å². The number of hydrogen-bond donors (Lipinski definition) is 1. The van der Waals surface area contributed by atoms with E-state index in [9.17, 15) is 0 Å². The van der Waals surface area contributed by atoms with E-state index in [1.54, 1.807) is 0 Å². The Bertz CT molecular complexity index is 430. The van der Waals surface area contributed by atoms with Crippen molar-refractivity contribution in [3.63, 3.8) is 0 Å². The minimum Gasteiger partial charge on any atom is -0.379 e. The van der Waals surface area contributed by atoms with Gasteiger partial charge in [-0.1, -0.05) is 34.1 Å². The Morgan fingerprint density at radius 2 is 1.95 bits per heavy atom. The lowest BCUT2D eigenvalue weighted by atomic mass is 9.87. The first-order valence-corrected chi connectivity index (χ1v) is 8.08. The summed E-state index contributed by atoms with van der Waals surface area (Å²) in [4.78, 5) is 2.54. The lowest BCUT2D eigenvalue weighted by Crippen LogP contribution is -2.60. The number of nitrogens with zero attached hydrogens (tertiary/aromatic N) is 1. The van der Waals surface area contributed by atoms with Gasteiger partial charge in [-0.15, -0.1) is 0 Å². The zero-order chi connectivity index (χ0) is 14.6. The Morgan fingerprint density at radius 3 is 2.55 bits per heavy atom. The van der Waals surface area contributed by atoms with Gasteiger partial charge in [-0.25, -0.2) is 0 Å². The van der Waals surface area contributed by atoms with Gasteiger partial charge in [0.2, 0.25) is 0 Å². The molecule has 0 aliphatic carbocycles. The van der Waals surface area contributed by atoms with Gasteiger partial charge >= 0.3 is 0 Å². The molecule has 0 spiro atoms. The van der Waals surface area contributed by atoms with Crippen molar-refractivity contribution in [2.24, 2.45) is 0 Å². The Balaban J connectivity index is 2.12. The molecule has 0 radical (unpaired) electrons. The van der Waals surface area contributed by atoms with Gasteiger partial charge in [-0.3, -0.25) is 4.90 Å². The van der Waals surface area contributed by atoms with Gasteiger partial charge in [0, 0.05) is 29.1 Å². The van der Waals surface area contributed by atoms with Gasteiger partial charge in [-0.05, 0) is 38.9 Å². The van der Waals surface area contributed by atoms with Crippen LogP contribution in [0.4, 0.5) is 0 Å². The van der Waals surface area contributed by atoms with E-state index < -0.39 is 0 Å². The van der Waals surface area contributed by atoms with Crippen molar-refractivity contribution < 1.29 is 4.74 Å².